The fourth-order valence-corrected chi connectivity index (χ4v) is 4.74. The smallest absolute Gasteiger partial charge is 0.336 e. The summed E-state index contributed by atoms with van der Waals surface area (Å²) in [6, 6.07) is 8.52. The maximum absolute atomic E-state index is 11.7. The zero-order valence-corrected chi connectivity index (χ0v) is 15.2. The highest BCUT2D eigenvalue weighted by Crippen LogP contribution is 2.55. The molecule has 0 bridgehead atoms. The zero-order chi connectivity index (χ0) is 17.7. The molecule has 0 radical (unpaired) electrons. The number of fused-ring (bicyclic) bond motifs is 3. The Bertz CT molecular complexity index is 910. The van der Waals surface area contributed by atoms with Crippen LogP contribution in [-0.4, -0.2) is 11.1 Å². The Morgan fingerprint density at radius 3 is 2.68 bits per heavy atom. The molecule has 0 amide bonds. The minimum atomic E-state index is -0.939. The minimum absolute atomic E-state index is 0.0480. The van der Waals surface area contributed by atoms with Gasteiger partial charge in [-0.15, -0.1) is 0 Å². The zero-order valence-electron chi connectivity index (χ0n) is 13.0. The molecule has 0 fully saturated rings. The van der Waals surface area contributed by atoms with E-state index in [1.54, 1.807) is 18.2 Å². The van der Waals surface area contributed by atoms with Crippen LogP contribution in [0.2, 0.25) is 15.1 Å². The Labute approximate surface area is 160 Å². The maximum Gasteiger partial charge on any atom is 0.336 e. The van der Waals surface area contributed by atoms with Gasteiger partial charge in [0.1, 0.15) is 0 Å². The molecular weight excluding hydrogens is 381 g/mol. The van der Waals surface area contributed by atoms with Crippen molar-refractivity contribution < 1.29 is 9.90 Å². The molecule has 0 saturated heterocycles. The van der Waals surface area contributed by atoms with E-state index in [1.165, 1.54) is 0 Å². The molecule has 0 saturated carbocycles. The first-order chi connectivity index (χ1) is 12.0. The summed E-state index contributed by atoms with van der Waals surface area (Å²) in [5.41, 5.74) is 2.67. The van der Waals surface area contributed by atoms with Gasteiger partial charge in [0.2, 0.25) is 0 Å². The van der Waals surface area contributed by atoms with Crippen LogP contribution in [0.15, 0.2) is 42.5 Å². The molecule has 4 rings (SSSR count). The highest BCUT2D eigenvalue weighted by Gasteiger charge is 2.41. The van der Waals surface area contributed by atoms with Gasteiger partial charge in [0.05, 0.1) is 32.4 Å². The third-order valence-corrected chi connectivity index (χ3v) is 6.11. The molecule has 128 valence electrons. The topological polar surface area (TPSA) is 49.3 Å². The summed E-state index contributed by atoms with van der Waals surface area (Å²) in [7, 11) is 0. The normalized spacial score (nSPS) is 23.7. The average Bonchev–Trinajstić information content (AvgIpc) is 3.08. The number of anilines is 1. The predicted molar refractivity (Wildman–Crippen MR) is 101 cm³/mol. The molecule has 6 heteroatoms. The highest BCUT2D eigenvalue weighted by atomic mass is 35.5. The lowest BCUT2D eigenvalue weighted by Gasteiger charge is -2.39. The van der Waals surface area contributed by atoms with Crippen LogP contribution in [0.25, 0.3) is 0 Å². The van der Waals surface area contributed by atoms with Crippen molar-refractivity contribution in [1.82, 2.24) is 0 Å². The van der Waals surface area contributed by atoms with Crippen LogP contribution in [0.1, 0.15) is 39.9 Å². The summed E-state index contributed by atoms with van der Waals surface area (Å²) in [6.07, 6.45) is 5.04. The van der Waals surface area contributed by atoms with Crippen LogP contribution in [0.4, 0.5) is 5.69 Å². The maximum atomic E-state index is 11.7. The molecule has 2 aliphatic rings. The molecule has 1 aliphatic heterocycles. The van der Waals surface area contributed by atoms with Crippen molar-refractivity contribution in [3.63, 3.8) is 0 Å². The average molecular weight is 395 g/mol. The number of rotatable bonds is 2. The standard InChI is InChI=1S/C19H14Cl3NO2/c20-13-8-14(21)18-15(16(13)22)9-6-3-7-10(9)17(23-18)11-4-1-2-5-12(11)19(24)25/h1-6,8-10,17,23H,7H2,(H,24,25)/t9-,10+,17+/m0/s1. The third-order valence-electron chi connectivity index (χ3n) is 5.01. The first-order valence-corrected chi connectivity index (χ1v) is 9.05. The van der Waals surface area contributed by atoms with Crippen molar-refractivity contribution >= 4 is 46.5 Å². The van der Waals surface area contributed by atoms with Gasteiger partial charge in [-0.3, -0.25) is 0 Å². The Morgan fingerprint density at radius 2 is 1.92 bits per heavy atom. The molecule has 1 aliphatic carbocycles. The van der Waals surface area contributed by atoms with E-state index in [2.05, 4.69) is 17.5 Å². The highest BCUT2D eigenvalue weighted by molar-refractivity contribution is 6.44. The number of allylic oxidation sites excluding steroid dienone is 2. The first kappa shape index (κ1) is 16.8. The van der Waals surface area contributed by atoms with E-state index in [4.69, 9.17) is 34.8 Å². The van der Waals surface area contributed by atoms with E-state index < -0.39 is 5.97 Å². The molecule has 0 aromatic heterocycles. The van der Waals surface area contributed by atoms with E-state index in [0.717, 1.165) is 23.2 Å². The van der Waals surface area contributed by atoms with Crippen LogP contribution in [0, 0.1) is 5.92 Å². The molecule has 2 aromatic rings. The van der Waals surface area contributed by atoms with Crippen molar-refractivity contribution in [1.29, 1.82) is 0 Å². The summed E-state index contributed by atoms with van der Waals surface area (Å²) >= 11 is 19.1. The van der Waals surface area contributed by atoms with Gasteiger partial charge in [-0.05, 0) is 30.0 Å². The Hall–Kier alpha value is -1.68. The number of halogens is 3. The van der Waals surface area contributed by atoms with Crippen molar-refractivity contribution in [2.75, 3.05) is 5.32 Å². The number of nitrogens with one attached hydrogen (secondary N) is 1. The summed E-state index contributed by atoms with van der Waals surface area (Å²) in [5, 5.41) is 14.4. The van der Waals surface area contributed by atoms with E-state index in [1.807, 2.05) is 12.1 Å². The lowest BCUT2D eigenvalue weighted by atomic mass is 9.76. The fourth-order valence-electron chi connectivity index (χ4n) is 3.93. The van der Waals surface area contributed by atoms with Crippen molar-refractivity contribution in [2.45, 2.75) is 18.4 Å². The Kier molecular flexibility index (Phi) is 4.19. The largest absolute Gasteiger partial charge is 0.478 e. The molecule has 1 heterocycles. The van der Waals surface area contributed by atoms with Crippen molar-refractivity contribution in [3.05, 3.63) is 74.2 Å². The van der Waals surface area contributed by atoms with Crippen LogP contribution in [0.3, 0.4) is 0 Å². The number of aromatic carboxylic acids is 1. The number of carbonyl (C=O) groups is 1. The van der Waals surface area contributed by atoms with E-state index in [9.17, 15) is 9.90 Å². The van der Waals surface area contributed by atoms with Gasteiger partial charge < -0.3 is 10.4 Å². The van der Waals surface area contributed by atoms with Crippen LogP contribution in [-0.2, 0) is 0 Å². The van der Waals surface area contributed by atoms with Crippen LogP contribution >= 0.6 is 34.8 Å². The number of benzene rings is 2. The minimum Gasteiger partial charge on any atom is -0.478 e. The summed E-state index contributed by atoms with van der Waals surface area (Å²) in [6.45, 7) is 0. The molecule has 3 atom stereocenters. The Balaban J connectivity index is 1.90. The van der Waals surface area contributed by atoms with Crippen LogP contribution in [0.5, 0.6) is 0 Å². The van der Waals surface area contributed by atoms with Gasteiger partial charge in [0.25, 0.3) is 0 Å². The van der Waals surface area contributed by atoms with Gasteiger partial charge in [-0.2, -0.15) is 0 Å². The van der Waals surface area contributed by atoms with Crippen molar-refractivity contribution in [2.24, 2.45) is 5.92 Å². The fraction of sp³-hybridized carbons (Fsp3) is 0.211. The van der Waals surface area contributed by atoms with Gasteiger partial charge >= 0.3 is 5.97 Å². The summed E-state index contributed by atoms with van der Waals surface area (Å²) in [5.74, 6) is -0.738. The molecule has 2 N–H and O–H groups in total. The SMILES string of the molecule is O=C(O)c1ccccc1[C@@H]1Nc2c(Cl)cc(Cl)c(Cl)c2[C@H]2C=CC[C@H]21. The summed E-state index contributed by atoms with van der Waals surface area (Å²) < 4.78 is 0. The monoisotopic (exact) mass is 393 g/mol. The molecule has 0 spiro atoms. The predicted octanol–water partition coefficient (Wildman–Crippen LogP) is 6.17. The molecule has 2 aromatic carbocycles. The second-order valence-electron chi connectivity index (χ2n) is 6.31. The molecule has 25 heavy (non-hydrogen) atoms. The molecular formula is C19H14Cl3NO2. The Morgan fingerprint density at radius 1 is 1.16 bits per heavy atom. The number of carboxylic acids is 1. The second-order valence-corrected chi connectivity index (χ2v) is 7.50. The van der Waals surface area contributed by atoms with E-state index in [0.29, 0.717) is 20.6 Å². The summed E-state index contributed by atoms with van der Waals surface area (Å²) in [4.78, 5) is 11.7. The number of hydrogen-bond donors (Lipinski definition) is 2. The van der Waals surface area contributed by atoms with E-state index in [-0.39, 0.29) is 17.9 Å². The second kappa shape index (κ2) is 6.24. The number of hydrogen-bond acceptors (Lipinski definition) is 2. The van der Waals surface area contributed by atoms with Crippen LogP contribution < -0.4 is 5.32 Å². The quantitative estimate of drug-likeness (QED) is 0.473. The van der Waals surface area contributed by atoms with Gasteiger partial charge in [-0.1, -0.05) is 65.2 Å². The molecule has 0 unspecified atom stereocenters. The van der Waals surface area contributed by atoms with Gasteiger partial charge in [0, 0.05) is 11.5 Å². The third kappa shape index (κ3) is 2.62. The van der Waals surface area contributed by atoms with E-state index >= 15 is 0 Å². The number of carboxylic acid groups (broad SMARTS) is 1. The lowest BCUT2D eigenvalue weighted by Crippen LogP contribution is -2.30. The lowest BCUT2D eigenvalue weighted by molar-refractivity contribution is 0.0694. The molecule has 3 nitrogen and oxygen atoms in total. The van der Waals surface area contributed by atoms with Gasteiger partial charge in [-0.25, -0.2) is 4.79 Å². The van der Waals surface area contributed by atoms with Crippen molar-refractivity contribution in [3.8, 4) is 0 Å². The first-order valence-electron chi connectivity index (χ1n) is 7.92. The van der Waals surface area contributed by atoms with Gasteiger partial charge in [0.15, 0.2) is 0 Å².